The molecule has 5 nitrogen and oxygen atoms in total. The third-order valence-corrected chi connectivity index (χ3v) is 4.25. The minimum absolute atomic E-state index is 0.145. The predicted molar refractivity (Wildman–Crippen MR) is 83.9 cm³/mol. The van der Waals surface area contributed by atoms with Crippen molar-refractivity contribution >= 4 is 5.97 Å². The van der Waals surface area contributed by atoms with Crippen LogP contribution >= 0.6 is 0 Å². The van der Waals surface area contributed by atoms with Crippen molar-refractivity contribution < 1.29 is 9.90 Å². The molecule has 1 aromatic heterocycles. The van der Waals surface area contributed by atoms with Crippen molar-refractivity contribution in [3.63, 3.8) is 0 Å². The zero-order valence-electron chi connectivity index (χ0n) is 12.5. The van der Waals surface area contributed by atoms with Crippen molar-refractivity contribution in [2.24, 2.45) is 0 Å². The lowest BCUT2D eigenvalue weighted by atomic mass is 9.93. The number of H-pyrrole nitrogens is 1. The molecule has 1 saturated heterocycles. The van der Waals surface area contributed by atoms with Crippen molar-refractivity contribution in [1.29, 1.82) is 0 Å². The monoisotopic (exact) mass is 299 g/mol. The van der Waals surface area contributed by atoms with Crippen LogP contribution in [0, 0.1) is 0 Å². The van der Waals surface area contributed by atoms with Crippen molar-refractivity contribution in [2.75, 3.05) is 19.6 Å². The van der Waals surface area contributed by atoms with Crippen molar-refractivity contribution in [3.8, 4) is 0 Å². The van der Waals surface area contributed by atoms with Crippen LogP contribution in [0.5, 0.6) is 0 Å². The van der Waals surface area contributed by atoms with Crippen molar-refractivity contribution in [2.45, 2.75) is 25.2 Å². The van der Waals surface area contributed by atoms with Crippen LogP contribution in [0.3, 0.4) is 0 Å². The Bertz CT molecular complexity index is 616. The average Bonchev–Trinajstić information content (AvgIpc) is 2.97. The van der Waals surface area contributed by atoms with Crippen LogP contribution in [-0.4, -0.2) is 45.8 Å². The highest BCUT2D eigenvalue weighted by Gasteiger charge is 2.23. The maximum Gasteiger partial charge on any atom is 0.317 e. The van der Waals surface area contributed by atoms with Gasteiger partial charge in [0.15, 0.2) is 0 Å². The summed E-state index contributed by atoms with van der Waals surface area (Å²) in [5.41, 5.74) is 3.52. The second kappa shape index (κ2) is 6.75. The van der Waals surface area contributed by atoms with E-state index in [4.69, 9.17) is 5.11 Å². The Morgan fingerprint density at radius 2 is 2.00 bits per heavy atom. The molecule has 1 aliphatic heterocycles. The van der Waals surface area contributed by atoms with Crippen molar-refractivity contribution in [3.05, 3.63) is 53.3 Å². The van der Waals surface area contributed by atoms with E-state index in [0.29, 0.717) is 5.92 Å². The molecule has 5 heteroatoms. The number of hydrogen-bond donors (Lipinski definition) is 2. The molecule has 3 rings (SSSR count). The number of aromatic amines is 1. The minimum atomic E-state index is -0.747. The third-order valence-electron chi connectivity index (χ3n) is 4.25. The van der Waals surface area contributed by atoms with Gasteiger partial charge in [-0.2, -0.15) is 5.10 Å². The zero-order chi connectivity index (χ0) is 15.4. The van der Waals surface area contributed by atoms with E-state index < -0.39 is 5.97 Å². The van der Waals surface area contributed by atoms with Gasteiger partial charge in [-0.1, -0.05) is 30.3 Å². The Morgan fingerprint density at radius 3 is 2.68 bits per heavy atom. The van der Waals surface area contributed by atoms with Crippen LogP contribution in [0.4, 0.5) is 0 Å². The number of benzene rings is 1. The van der Waals surface area contributed by atoms with E-state index in [9.17, 15) is 4.79 Å². The van der Waals surface area contributed by atoms with Crippen LogP contribution in [-0.2, 0) is 11.2 Å². The normalized spacial score (nSPS) is 16.7. The highest BCUT2D eigenvalue weighted by molar-refractivity contribution is 5.69. The first-order chi connectivity index (χ1) is 10.7. The van der Waals surface area contributed by atoms with Gasteiger partial charge >= 0.3 is 5.97 Å². The van der Waals surface area contributed by atoms with Gasteiger partial charge in [-0.3, -0.25) is 14.8 Å². The number of piperidine rings is 1. The summed E-state index contributed by atoms with van der Waals surface area (Å²) in [6, 6.07) is 12.5. The molecule has 0 saturated carbocycles. The molecule has 0 unspecified atom stereocenters. The molecule has 2 aromatic rings. The standard InChI is InChI=1S/C17H21N3O2/c21-17(22)12-20-8-6-14(7-9-20)16-11-15(18-19-16)10-13-4-2-1-3-5-13/h1-5,11,14H,6-10,12H2,(H,18,19)(H,21,22). The number of carboxylic acid groups (broad SMARTS) is 1. The first kappa shape index (κ1) is 14.8. The Morgan fingerprint density at radius 1 is 1.27 bits per heavy atom. The predicted octanol–water partition coefficient (Wildman–Crippen LogP) is 2.26. The van der Waals surface area contributed by atoms with Gasteiger partial charge in [0.05, 0.1) is 12.2 Å². The smallest absolute Gasteiger partial charge is 0.317 e. The van der Waals surface area contributed by atoms with E-state index in [1.165, 1.54) is 5.56 Å². The zero-order valence-corrected chi connectivity index (χ0v) is 12.5. The summed E-state index contributed by atoms with van der Waals surface area (Å²) >= 11 is 0. The SMILES string of the molecule is O=C(O)CN1CCC(c2cc(Cc3ccccc3)[nH]n2)CC1. The summed E-state index contributed by atoms with van der Waals surface area (Å²) in [6.45, 7) is 1.81. The van der Waals surface area contributed by atoms with E-state index in [1.807, 2.05) is 23.1 Å². The fourth-order valence-corrected chi connectivity index (χ4v) is 3.07. The lowest BCUT2D eigenvalue weighted by molar-refractivity contribution is -0.138. The molecule has 0 atom stereocenters. The molecule has 1 aliphatic rings. The second-order valence-electron chi connectivity index (χ2n) is 5.92. The maximum atomic E-state index is 10.7. The average molecular weight is 299 g/mol. The van der Waals surface area contributed by atoms with Crippen molar-refractivity contribution in [1.82, 2.24) is 15.1 Å². The van der Waals surface area contributed by atoms with E-state index in [-0.39, 0.29) is 6.54 Å². The summed E-state index contributed by atoms with van der Waals surface area (Å²) in [6.07, 6.45) is 2.82. The molecular formula is C17H21N3O2. The number of carbonyl (C=O) groups is 1. The van der Waals surface area contributed by atoms with Crippen LogP contribution in [0.25, 0.3) is 0 Å². The summed E-state index contributed by atoms with van der Waals surface area (Å²) < 4.78 is 0. The fraction of sp³-hybridized carbons (Fsp3) is 0.412. The Labute approximate surface area is 130 Å². The molecule has 0 bridgehead atoms. The Kier molecular flexibility index (Phi) is 4.53. The lowest BCUT2D eigenvalue weighted by Crippen LogP contribution is -2.36. The van der Waals surface area contributed by atoms with Gasteiger partial charge in [-0.25, -0.2) is 0 Å². The van der Waals surface area contributed by atoms with Gasteiger partial charge in [0, 0.05) is 18.0 Å². The molecule has 0 spiro atoms. The molecule has 2 N–H and O–H groups in total. The summed E-state index contributed by atoms with van der Waals surface area (Å²) in [5, 5.41) is 16.4. The molecule has 0 amide bonds. The number of nitrogens with one attached hydrogen (secondary N) is 1. The topological polar surface area (TPSA) is 69.2 Å². The van der Waals surface area contributed by atoms with Gasteiger partial charge in [0.25, 0.3) is 0 Å². The largest absolute Gasteiger partial charge is 0.480 e. The molecule has 0 radical (unpaired) electrons. The number of carboxylic acids is 1. The van der Waals surface area contributed by atoms with E-state index in [1.54, 1.807) is 0 Å². The third kappa shape index (κ3) is 3.74. The number of rotatable bonds is 5. The number of hydrogen-bond acceptors (Lipinski definition) is 3. The molecule has 1 aromatic carbocycles. The Balaban J connectivity index is 1.57. The lowest BCUT2D eigenvalue weighted by Gasteiger charge is -2.29. The second-order valence-corrected chi connectivity index (χ2v) is 5.92. The number of nitrogens with zero attached hydrogens (tertiary/aromatic N) is 2. The maximum absolute atomic E-state index is 10.7. The van der Waals surface area contributed by atoms with Gasteiger partial charge in [0.2, 0.25) is 0 Å². The van der Waals surface area contributed by atoms with Crippen LogP contribution in [0.15, 0.2) is 36.4 Å². The fourth-order valence-electron chi connectivity index (χ4n) is 3.07. The van der Waals surface area contributed by atoms with E-state index in [2.05, 4.69) is 28.4 Å². The van der Waals surface area contributed by atoms with Gasteiger partial charge < -0.3 is 5.11 Å². The van der Waals surface area contributed by atoms with Crippen LogP contribution < -0.4 is 0 Å². The summed E-state index contributed by atoms with van der Waals surface area (Å²) in [4.78, 5) is 12.7. The molecule has 2 heterocycles. The molecular weight excluding hydrogens is 278 g/mol. The molecule has 116 valence electrons. The first-order valence-electron chi connectivity index (χ1n) is 7.73. The van der Waals surface area contributed by atoms with Crippen LogP contribution in [0.1, 0.15) is 35.7 Å². The number of aliphatic carboxylic acids is 1. The quantitative estimate of drug-likeness (QED) is 0.888. The Hall–Kier alpha value is -2.14. The summed E-state index contributed by atoms with van der Waals surface area (Å²) in [5.74, 6) is -0.311. The highest BCUT2D eigenvalue weighted by atomic mass is 16.4. The number of likely N-dealkylation sites (tertiary alicyclic amines) is 1. The van der Waals surface area contributed by atoms with Gasteiger partial charge in [-0.15, -0.1) is 0 Å². The van der Waals surface area contributed by atoms with Crippen LogP contribution in [0.2, 0.25) is 0 Å². The molecule has 0 aliphatic carbocycles. The first-order valence-corrected chi connectivity index (χ1v) is 7.73. The van der Waals surface area contributed by atoms with Gasteiger partial charge in [0.1, 0.15) is 0 Å². The van der Waals surface area contributed by atoms with Gasteiger partial charge in [-0.05, 0) is 37.6 Å². The summed E-state index contributed by atoms with van der Waals surface area (Å²) in [7, 11) is 0. The molecule has 22 heavy (non-hydrogen) atoms. The number of aromatic nitrogens is 2. The van der Waals surface area contributed by atoms with E-state index in [0.717, 1.165) is 43.7 Å². The highest BCUT2D eigenvalue weighted by Crippen LogP contribution is 2.27. The van der Waals surface area contributed by atoms with E-state index >= 15 is 0 Å². The molecule has 1 fully saturated rings. The minimum Gasteiger partial charge on any atom is -0.480 e.